The van der Waals surface area contributed by atoms with Gasteiger partial charge < -0.3 is 9.64 Å². The van der Waals surface area contributed by atoms with Gasteiger partial charge in [-0.25, -0.2) is 0 Å². The van der Waals surface area contributed by atoms with Crippen LogP contribution in [0.2, 0.25) is 0 Å². The van der Waals surface area contributed by atoms with E-state index in [1.165, 1.54) is 27.3 Å². The van der Waals surface area contributed by atoms with Gasteiger partial charge in [0.1, 0.15) is 11.4 Å². The van der Waals surface area contributed by atoms with Crippen LogP contribution in [0, 0.1) is 20.8 Å². The average molecular weight is 370 g/mol. The molecule has 0 spiro atoms. The Kier molecular flexibility index (Phi) is 3.74. The number of ether oxygens (including phenoxy) is 1. The van der Waals surface area contributed by atoms with Crippen LogP contribution in [-0.2, 0) is 5.41 Å². The molecule has 4 heteroatoms. The normalized spacial score (nSPS) is 13.4. The summed E-state index contributed by atoms with van der Waals surface area (Å²) < 4.78 is 6.18. The second-order valence-corrected chi connectivity index (χ2v) is 9.60. The maximum Gasteiger partial charge on any atom is 0.165 e. The van der Waals surface area contributed by atoms with Gasteiger partial charge in [-0.15, -0.1) is 22.7 Å². The van der Waals surface area contributed by atoms with Gasteiger partial charge in [0.2, 0.25) is 0 Å². The smallest absolute Gasteiger partial charge is 0.165 e. The molecule has 0 bridgehead atoms. The van der Waals surface area contributed by atoms with Crippen LogP contribution in [0.25, 0.3) is 0 Å². The van der Waals surface area contributed by atoms with E-state index in [0.717, 1.165) is 22.9 Å². The molecule has 0 unspecified atom stereocenters. The van der Waals surface area contributed by atoms with Gasteiger partial charge in [-0.2, -0.15) is 0 Å². The summed E-state index contributed by atoms with van der Waals surface area (Å²) in [4.78, 5) is 3.60. The first kappa shape index (κ1) is 16.7. The summed E-state index contributed by atoms with van der Waals surface area (Å²) in [6.07, 6.45) is 0. The molecule has 1 aliphatic heterocycles. The van der Waals surface area contributed by atoms with Crippen LogP contribution in [0.5, 0.6) is 11.5 Å². The third kappa shape index (κ3) is 2.59. The van der Waals surface area contributed by atoms with E-state index in [2.05, 4.69) is 74.7 Å². The standard InChI is InChI=1S/C21H23NOS2/c1-12-7-15(21(4,5)6)8-13(2)19(12)22-16-9-24-11-18(16)23-20-14(3)25-10-17(20)22/h7-11H,1-6H3. The van der Waals surface area contributed by atoms with Crippen LogP contribution in [0.3, 0.4) is 0 Å². The summed E-state index contributed by atoms with van der Waals surface area (Å²) in [7, 11) is 0. The largest absolute Gasteiger partial charge is 0.451 e. The number of hydrogen-bond donors (Lipinski definition) is 0. The van der Waals surface area contributed by atoms with Crippen LogP contribution in [0.15, 0.2) is 28.3 Å². The molecule has 0 saturated carbocycles. The highest BCUT2D eigenvalue weighted by Crippen LogP contribution is 2.56. The number of aryl methyl sites for hydroxylation is 3. The van der Waals surface area contributed by atoms with Gasteiger partial charge in [-0.1, -0.05) is 32.9 Å². The molecule has 0 saturated heterocycles. The highest BCUT2D eigenvalue weighted by Gasteiger charge is 2.31. The molecule has 0 fully saturated rings. The van der Waals surface area contributed by atoms with E-state index < -0.39 is 0 Å². The number of benzene rings is 1. The molecule has 0 atom stereocenters. The third-order valence-electron chi connectivity index (χ3n) is 4.78. The van der Waals surface area contributed by atoms with Gasteiger partial charge in [0.15, 0.2) is 11.5 Å². The van der Waals surface area contributed by atoms with Gasteiger partial charge >= 0.3 is 0 Å². The quantitative estimate of drug-likeness (QED) is 0.342. The summed E-state index contributed by atoms with van der Waals surface area (Å²) in [6.45, 7) is 13.4. The minimum Gasteiger partial charge on any atom is -0.451 e. The second-order valence-electron chi connectivity index (χ2n) is 7.77. The first-order valence-electron chi connectivity index (χ1n) is 8.51. The Morgan fingerprint density at radius 1 is 0.920 bits per heavy atom. The molecule has 0 amide bonds. The van der Waals surface area contributed by atoms with Crippen molar-refractivity contribution in [3.05, 3.63) is 49.8 Å². The second kappa shape index (κ2) is 5.61. The van der Waals surface area contributed by atoms with E-state index in [1.807, 2.05) is 0 Å². The van der Waals surface area contributed by atoms with Crippen LogP contribution in [-0.4, -0.2) is 0 Å². The minimum atomic E-state index is 0.150. The zero-order valence-corrected chi connectivity index (χ0v) is 17.2. The molecule has 3 aromatic rings. The average Bonchev–Trinajstić information content (AvgIpc) is 3.12. The van der Waals surface area contributed by atoms with Crippen molar-refractivity contribution < 1.29 is 4.74 Å². The lowest BCUT2D eigenvalue weighted by molar-refractivity contribution is 0.478. The van der Waals surface area contributed by atoms with Crippen molar-refractivity contribution in [2.24, 2.45) is 0 Å². The number of thiophene rings is 2. The zero-order valence-electron chi connectivity index (χ0n) is 15.6. The SMILES string of the molecule is Cc1cc(C(C)(C)C)cc(C)c1N1c2cscc2Oc2c1csc2C. The Bertz CT molecular complexity index is 936. The van der Waals surface area contributed by atoms with Gasteiger partial charge in [-0.3, -0.25) is 0 Å². The van der Waals surface area contributed by atoms with Crippen molar-refractivity contribution in [1.29, 1.82) is 0 Å². The van der Waals surface area contributed by atoms with E-state index in [-0.39, 0.29) is 5.41 Å². The molecule has 0 radical (unpaired) electrons. The lowest BCUT2D eigenvalue weighted by atomic mass is 9.84. The Labute approximate surface area is 157 Å². The van der Waals surface area contributed by atoms with Crippen molar-refractivity contribution in [1.82, 2.24) is 0 Å². The molecule has 2 nitrogen and oxygen atoms in total. The molecule has 1 aliphatic rings. The minimum absolute atomic E-state index is 0.150. The van der Waals surface area contributed by atoms with Crippen molar-refractivity contribution in [3.8, 4) is 11.5 Å². The Morgan fingerprint density at radius 3 is 2.24 bits per heavy atom. The fraction of sp³-hybridized carbons (Fsp3) is 0.333. The first-order valence-corrected chi connectivity index (χ1v) is 10.3. The topological polar surface area (TPSA) is 12.5 Å². The molecular weight excluding hydrogens is 346 g/mol. The van der Waals surface area contributed by atoms with Crippen molar-refractivity contribution >= 4 is 39.7 Å². The van der Waals surface area contributed by atoms with Crippen molar-refractivity contribution in [2.75, 3.05) is 4.90 Å². The summed E-state index contributed by atoms with van der Waals surface area (Å²) in [5.41, 5.74) is 7.71. The summed E-state index contributed by atoms with van der Waals surface area (Å²) in [6, 6.07) is 4.67. The first-order chi connectivity index (χ1) is 11.8. The Morgan fingerprint density at radius 2 is 1.60 bits per heavy atom. The number of hydrogen-bond acceptors (Lipinski definition) is 4. The lowest BCUT2D eigenvalue weighted by Crippen LogP contribution is -2.18. The molecule has 130 valence electrons. The molecule has 2 aromatic heterocycles. The molecular formula is C21H23NOS2. The predicted octanol–water partition coefficient (Wildman–Crippen LogP) is 7.61. The number of nitrogens with zero attached hydrogens (tertiary/aromatic N) is 1. The van der Waals surface area contributed by atoms with Gasteiger partial charge in [0.05, 0.1) is 5.69 Å². The fourth-order valence-electron chi connectivity index (χ4n) is 3.45. The predicted molar refractivity (Wildman–Crippen MR) is 110 cm³/mol. The van der Waals surface area contributed by atoms with Crippen LogP contribution >= 0.6 is 22.7 Å². The summed E-state index contributed by atoms with van der Waals surface area (Å²) >= 11 is 3.44. The van der Waals surface area contributed by atoms with Crippen LogP contribution in [0.4, 0.5) is 17.1 Å². The highest BCUT2D eigenvalue weighted by atomic mass is 32.1. The van der Waals surface area contributed by atoms with Crippen molar-refractivity contribution in [3.63, 3.8) is 0 Å². The van der Waals surface area contributed by atoms with Crippen molar-refractivity contribution in [2.45, 2.75) is 47.0 Å². The van der Waals surface area contributed by atoms with E-state index in [4.69, 9.17) is 4.74 Å². The van der Waals surface area contributed by atoms with Crippen LogP contribution < -0.4 is 9.64 Å². The number of fused-ring (bicyclic) bond motifs is 2. The molecule has 1 aromatic carbocycles. The molecule has 3 heterocycles. The maximum absolute atomic E-state index is 6.18. The van der Waals surface area contributed by atoms with Crippen LogP contribution in [0.1, 0.15) is 42.3 Å². The third-order valence-corrected chi connectivity index (χ3v) is 6.37. The Hall–Kier alpha value is -1.78. The molecule has 4 rings (SSSR count). The summed E-state index contributed by atoms with van der Waals surface area (Å²) in [5, 5.41) is 6.49. The lowest BCUT2D eigenvalue weighted by Gasteiger charge is -2.33. The van der Waals surface area contributed by atoms with E-state index >= 15 is 0 Å². The fourth-order valence-corrected chi connectivity index (χ4v) is 4.92. The van der Waals surface area contributed by atoms with E-state index in [0.29, 0.717) is 0 Å². The molecule has 25 heavy (non-hydrogen) atoms. The molecule has 0 aliphatic carbocycles. The maximum atomic E-state index is 6.18. The van der Waals surface area contributed by atoms with Gasteiger partial charge in [0.25, 0.3) is 0 Å². The van der Waals surface area contributed by atoms with Gasteiger partial charge in [-0.05, 0) is 42.9 Å². The van der Waals surface area contributed by atoms with E-state index in [9.17, 15) is 0 Å². The molecule has 0 N–H and O–H groups in total. The highest BCUT2D eigenvalue weighted by molar-refractivity contribution is 7.11. The Balaban J connectivity index is 1.95. The zero-order chi connectivity index (χ0) is 17.9. The van der Waals surface area contributed by atoms with E-state index in [1.54, 1.807) is 22.7 Å². The van der Waals surface area contributed by atoms with Gasteiger partial charge in [0, 0.05) is 21.0 Å². The summed E-state index contributed by atoms with van der Waals surface area (Å²) in [5.74, 6) is 1.95. The monoisotopic (exact) mass is 369 g/mol. The number of anilines is 3. The number of rotatable bonds is 1.